The van der Waals surface area contributed by atoms with Crippen LogP contribution in [-0.4, -0.2) is 56.9 Å². The van der Waals surface area contributed by atoms with Crippen molar-refractivity contribution in [2.45, 2.75) is 5.16 Å². The Morgan fingerprint density at radius 1 is 1.17 bits per heavy atom. The van der Waals surface area contributed by atoms with Crippen molar-refractivity contribution in [1.82, 2.24) is 25.2 Å². The van der Waals surface area contributed by atoms with Crippen molar-refractivity contribution in [2.75, 3.05) is 20.0 Å². The molecule has 2 aromatic heterocycles. The molecule has 0 fully saturated rings. The van der Waals surface area contributed by atoms with E-state index in [4.69, 9.17) is 9.47 Å². The summed E-state index contributed by atoms with van der Waals surface area (Å²) in [5.41, 5.74) is 4.71. The Bertz CT molecular complexity index is 1350. The number of phenolic OH excluding ortho intramolecular Hbond substituents is 1. The van der Waals surface area contributed by atoms with E-state index >= 15 is 0 Å². The molecule has 0 saturated heterocycles. The molecule has 12 heteroatoms. The lowest BCUT2D eigenvalue weighted by atomic mass is 10.2. The zero-order valence-corrected chi connectivity index (χ0v) is 21.7. The van der Waals surface area contributed by atoms with Gasteiger partial charge in [0, 0.05) is 33.7 Å². The van der Waals surface area contributed by atoms with Gasteiger partial charge in [-0.25, -0.2) is 5.43 Å². The van der Waals surface area contributed by atoms with Gasteiger partial charge in [0.05, 0.1) is 26.2 Å². The Labute approximate surface area is 219 Å². The molecule has 1 amide bonds. The Morgan fingerprint density at radius 2 is 1.89 bits per heavy atom. The highest BCUT2D eigenvalue weighted by atomic mass is 79.9. The van der Waals surface area contributed by atoms with E-state index in [-0.39, 0.29) is 28.9 Å². The number of carbonyl (C=O) groups is 1. The number of nitrogens with zero attached hydrogens (tertiary/aromatic N) is 5. The number of carbonyl (C=O) groups excluding carboxylic acids is 1. The standard InChI is InChI=1S/C24H21BrN6O4S/c1-34-19-10-15(11-20(35-2)22(19)33)12-27-28-21(32)14-36-24-30-29-23(16-4-3-9-26-13-16)31(24)18-7-5-17(25)6-8-18/h3-13,33H,14H2,1-2H3,(H,28,32). The van der Waals surface area contributed by atoms with Crippen LogP contribution in [0.3, 0.4) is 0 Å². The molecule has 2 N–H and O–H groups in total. The van der Waals surface area contributed by atoms with Gasteiger partial charge in [0.2, 0.25) is 5.75 Å². The van der Waals surface area contributed by atoms with Crippen molar-refractivity contribution in [1.29, 1.82) is 0 Å². The number of hydrogen-bond acceptors (Lipinski definition) is 9. The monoisotopic (exact) mass is 568 g/mol. The van der Waals surface area contributed by atoms with Crippen molar-refractivity contribution >= 4 is 39.8 Å². The predicted molar refractivity (Wildman–Crippen MR) is 140 cm³/mol. The smallest absolute Gasteiger partial charge is 0.250 e. The van der Waals surface area contributed by atoms with Crippen LogP contribution in [0.1, 0.15) is 5.56 Å². The van der Waals surface area contributed by atoms with Crippen molar-refractivity contribution in [3.8, 4) is 34.3 Å². The van der Waals surface area contributed by atoms with E-state index in [1.807, 2.05) is 41.0 Å². The van der Waals surface area contributed by atoms with Crippen molar-refractivity contribution in [2.24, 2.45) is 5.10 Å². The summed E-state index contributed by atoms with van der Waals surface area (Å²) in [6, 6.07) is 14.6. The molecule has 0 unspecified atom stereocenters. The molecule has 2 aromatic carbocycles. The summed E-state index contributed by atoms with van der Waals surface area (Å²) in [5.74, 6) is 0.687. The van der Waals surface area contributed by atoms with Crippen LogP contribution in [0.5, 0.6) is 17.2 Å². The number of aromatic hydroxyl groups is 1. The van der Waals surface area contributed by atoms with Gasteiger partial charge in [0.15, 0.2) is 22.5 Å². The van der Waals surface area contributed by atoms with E-state index in [9.17, 15) is 9.90 Å². The van der Waals surface area contributed by atoms with Crippen LogP contribution in [0.2, 0.25) is 0 Å². The third kappa shape index (κ3) is 5.83. The van der Waals surface area contributed by atoms with Crippen LogP contribution in [0.15, 0.2) is 75.7 Å². The summed E-state index contributed by atoms with van der Waals surface area (Å²) in [5, 5.41) is 23.2. The maximum Gasteiger partial charge on any atom is 0.250 e. The van der Waals surface area contributed by atoms with Gasteiger partial charge in [-0.15, -0.1) is 10.2 Å². The number of ether oxygens (including phenoxy) is 2. The molecule has 0 radical (unpaired) electrons. The highest BCUT2D eigenvalue weighted by Crippen LogP contribution is 2.36. The lowest BCUT2D eigenvalue weighted by Crippen LogP contribution is -2.20. The second-order valence-electron chi connectivity index (χ2n) is 7.22. The van der Waals surface area contributed by atoms with Gasteiger partial charge >= 0.3 is 0 Å². The van der Waals surface area contributed by atoms with Crippen LogP contribution >= 0.6 is 27.7 Å². The zero-order valence-electron chi connectivity index (χ0n) is 19.3. The van der Waals surface area contributed by atoms with Gasteiger partial charge in [-0.2, -0.15) is 5.10 Å². The number of hydrazone groups is 1. The summed E-state index contributed by atoms with van der Waals surface area (Å²) in [4.78, 5) is 16.6. The summed E-state index contributed by atoms with van der Waals surface area (Å²) in [6.45, 7) is 0. The fourth-order valence-electron chi connectivity index (χ4n) is 3.20. The molecule has 0 aliphatic rings. The highest BCUT2D eigenvalue weighted by Gasteiger charge is 2.17. The van der Waals surface area contributed by atoms with Gasteiger partial charge in [-0.1, -0.05) is 27.7 Å². The number of methoxy groups -OCH3 is 2. The summed E-state index contributed by atoms with van der Waals surface area (Å²) in [7, 11) is 2.86. The number of pyridine rings is 1. The number of rotatable bonds is 9. The SMILES string of the molecule is COc1cc(C=NNC(=O)CSc2nnc(-c3cccnc3)n2-c2ccc(Br)cc2)cc(OC)c1O. The Kier molecular flexibility index (Phi) is 8.18. The van der Waals surface area contributed by atoms with Crippen LogP contribution in [0.4, 0.5) is 0 Å². The second-order valence-corrected chi connectivity index (χ2v) is 9.07. The van der Waals surface area contributed by atoms with Gasteiger partial charge in [0.25, 0.3) is 5.91 Å². The predicted octanol–water partition coefficient (Wildman–Crippen LogP) is 4.06. The van der Waals surface area contributed by atoms with Crippen LogP contribution in [0, 0.1) is 0 Å². The molecule has 0 atom stereocenters. The maximum atomic E-state index is 12.5. The molecule has 0 bridgehead atoms. The molecule has 2 heterocycles. The highest BCUT2D eigenvalue weighted by molar-refractivity contribution is 9.10. The number of hydrogen-bond donors (Lipinski definition) is 2. The fraction of sp³-hybridized carbons (Fsp3) is 0.125. The largest absolute Gasteiger partial charge is 0.502 e. The fourth-order valence-corrected chi connectivity index (χ4v) is 4.21. The Morgan fingerprint density at radius 3 is 2.53 bits per heavy atom. The number of nitrogens with one attached hydrogen (secondary N) is 1. The van der Waals surface area contributed by atoms with Crippen molar-refractivity contribution in [3.63, 3.8) is 0 Å². The van der Waals surface area contributed by atoms with E-state index in [0.717, 1.165) is 15.7 Å². The molecular formula is C24H21BrN6O4S. The first-order valence-corrected chi connectivity index (χ1v) is 12.3. The zero-order chi connectivity index (χ0) is 25.5. The minimum atomic E-state index is -0.331. The van der Waals surface area contributed by atoms with E-state index in [1.165, 1.54) is 32.2 Å². The topological polar surface area (TPSA) is 124 Å². The first-order chi connectivity index (χ1) is 17.5. The van der Waals surface area contributed by atoms with Gasteiger partial charge < -0.3 is 14.6 Å². The number of halogens is 1. The lowest BCUT2D eigenvalue weighted by Gasteiger charge is -2.10. The third-order valence-corrected chi connectivity index (χ3v) is 6.33. The van der Waals surface area contributed by atoms with Gasteiger partial charge in [-0.05, 0) is 48.5 Å². The number of thioether (sulfide) groups is 1. The number of benzene rings is 2. The first-order valence-electron chi connectivity index (χ1n) is 10.5. The van der Waals surface area contributed by atoms with Crippen LogP contribution < -0.4 is 14.9 Å². The molecule has 0 spiro atoms. The molecule has 184 valence electrons. The summed E-state index contributed by atoms with van der Waals surface area (Å²) in [6.07, 6.45) is 4.83. The van der Waals surface area contributed by atoms with Gasteiger partial charge in [-0.3, -0.25) is 14.3 Å². The van der Waals surface area contributed by atoms with E-state index in [1.54, 1.807) is 24.5 Å². The number of amides is 1. The lowest BCUT2D eigenvalue weighted by molar-refractivity contribution is -0.118. The minimum absolute atomic E-state index is 0.0568. The van der Waals surface area contributed by atoms with Crippen molar-refractivity contribution < 1.29 is 19.4 Å². The molecule has 4 aromatic rings. The second kappa shape index (κ2) is 11.7. The van der Waals surface area contributed by atoms with E-state index in [0.29, 0.717) is 16.5 Å². The van der Waals surface area contributed by atoms with Crippen LogP contribution in [-0.2, 0) is 4.79 Å². The molecular weight excluding hydrogens is 548 g/mol. The molecule has 10 nitrogen and oxygen atoms in total. The molecule has 4 rings (SSSR count). The molecule has 0 aliphatic heterocycles. The molecule has 0 saturated carbocycles. The molecule has 36 heavy (non-hydrogen) atoms. The Balaban J connectivity index is 1.48. The summed E-state index contributed by atoms with van der Waals surface area (Å²) < 4.78 is 13.1. The van der Waals surface area contributed by atoms with E-state index < -0.39 is 0 Å². The third-order valence-electron chi connectivity index (χ3n) is 4.88. The van der Waals surface area contributed by atoms with E-state index in [2.05, 4.69) is 41.6 Å². The minimum Gasteiger partial charge on any atom is -0.502 e. The molecule has 0 aliphatic carbocycles. The van der Waals surface area contributed by atoms with Crippen LogP contribution in [0.25, 0.3) is 17.1 Å². The first kappa shape index (κ1) is 25.2. The van der Waals surface area contributed by atoms with Crippen molar-refractivity contribution in [3.05, 3.63) is 71.0 Å². The average molecular weight is 569 g/mol. The summed E-state index contributed by atoms with van der Waals surface area (Å²) >= 11 is 4.68. The average Bonchev–Trinajstić information content (AvgIpc) is 3.33. The number of aromatic nitrogens is 4. The normalized spacial score (nSPS) is 11.0. The quantitative estimate of drug-likeness (QED) is 0.176. The Hall–Kier alpha value is -3.90. The maximum absolute atomic E-state index is 12.5. The van der Waals surface area contributed by atoms with Gasteiger partial charge in [0.1, 0.15) is 0 Å². The number of phenols is 1.